The molecule has 0 spiro atoms. The zero-order valence-corrected chi connectivity index (χ0v) is 12.8. The maximum atomic E-state index is 6.30. The number of morpholine rings is 1. The monoisotopic (exact) mass is 302 g/mol. The summed E-state index contributed by atoms with van der Waals surface area (Å²) in [6, 6.07) is 5.71. The predicted molar refractivity (Wildman–Crippen MR) is 79.8 cm³/mol. The van der Waals surface area contributed by atoms with E-state index in [2.05, 4.69) is 18.7 Å². The third-order valence-corrected chi connectivity index (χ3v) is 4.00. The Morgan fingerprint density at radius 1 is 1.32 bits per heavy atom. The maximum Gasteiger partial charge on any atom is 0.0678 e. The minimum absolute atomic E-state index is 0.110. The molecule has 0 aromatic heterocycles. The van der Waals surface area contributed by atoms with Crippen LogP contribution < -0.4 is 5.73 Å². The van der Waals surface area contributed by atoms with Crippen molar-refractivity contribution in [2.45, 2.75) is 32.1 Å². The number of halogens is 2. The van der Waals surface area contributed by atoms with Gasteiger partial charge in [-0.1, -0.05) is 29.3 Å². The van der Waals surface area contributed by atoms with Crippen molar-refractivity contribution in [3.63, 3.8) is 0 Å². The molecule has 19 heavy (non-hydrogen) atoms. The molecule has 0 bridgehead atoms. The molecule has 0 aliphatic carbocycles. The Labute approximate surface area is 124 Å². The Morgan fingerprint density at radius 2 is 1.95 bits per heavy atom. The molecule has 0 amide bonds. The molecule has 2 N–H and O–H groups in total. The lowest BCUT2D eigenvalue weighted by Gasteiger charge is -2.40. The molecular formula is C14H20Cl2N2O. The van der Waals surface area contributed by atoms with Crippen LogP contribution in [-0.4, -0.2) is 36.7 Å². The van der Waals surface area contributed by atoms with E-state index in [4.69, 9.17) is 33.7 Å². The maximum absolute atomic E-state index is 6.30. The van der Waals surface area contributed by atoms with Crippen LogP contribution in [0.1, 0.15) is 25.5 Å². The van der Waals surface area contributed by atoms with E-state index >= 15 is 0 Å². The third-order valence-electron chi connectivity index (χ3n) is 3.43. The highest BCUT2D eigenvalue weighted by Crippen LogP contribution is 2.31. The normalized spacial score (nSPS) is 26.4. The highest BCUT2D eigenvalue weighted by atomic mass is 35.5. The summed E-state index contributed by atoms with van der Waals surface area (Å²) in [6.45, 7) is 6.43. The lowest BCUT2D eigenvalue weighted by atomic mass is 10.0. The zero-order valence-electron chi connectivity index (χ0n) is 11.3. The van der Waals surface area contributed by atoms with Crippen molar-refractivity contribution in [1.82, 2.24) is 4.90 Å². The average Bonchev–Trinajstić information content (AvgIpc) is 2.31. The standard InChI is InChI=1S/C14H20Cl2N2O/c1-9-7-18(8-10(2)19-9)14(6-17)12-4-3-11(15)5-13(12)16/h3-5,9-10,14H,6-8,17H2,1-2H3/t9-,10-,14+/m1/s1. The predicted octanol–water partition coefficient (Wildman–Crippen LogP) is 3.10. The van der Waals surface area contributed by atoms with Crippen molar-refractivity contribution >= 4 is 23.2 Å². The first-order chi connectivity index (χ1) is 9.01. The lowest BCUT2D eigenvalue weighted by Crippen LogP contribution is -2.48. The quantitative estimate of drug-likeness (QED) is 0.932. The van der Waals surface area contributed by atoms with Gasteiger partial charge in [0.05, 0.1) is 12.2 Å². The van der Waals surface area contributed by atoms with Crippen molar-refractivity contribution < 1.29 is 4.74 Å². The number of ether oxygens (including phenoxy) is 1. The number of nitrogens with zero attached hydrogens (tertiary/aromatic N) is 1. The molecule has 1 fully saturated rings. The van der Waals surface area contributed by atoms with Gasteiger partial charge in [-0.3, -0.25) is 4.90 Å². The minimum atomic E-state index is 0.110. The van der Waals surface area contributed by atoms with E-state index in [1.54, 1.807) is 6.07 Å². The van der Waals surface area contributed by atoms with Gasteiger partial charge < -0.3 is 10.5 Å². The summed E-state index contributed by atoms with van der Waals surface area (Å²) in [4.78, 5) is 2.34. The molecule has 0 radical (unpaired) electrons. The smallest absolute Gasteiger partial charge is 0.0678 e. The second-order valence-corrected chi connectivity index (χ2v) is 5.97. The van der Waals surface area contributed by atoms with Gasteiger partial charge in [-0.2, -0.15) is 0 Å². The zero-order chi connectivity index (χ0) is 14.0. The van der Waals surface area contributed by atoms with Crippen LogP contribution in [0.3, 0.4) is 0 Å². The Balaban J connectivity index is 2.23. The molecule has 106 valence electrons. The highest BCUT2D eigenvalue weighted by molar-refractivity contribution is 6.35. The Bertz CT molecular complexity index is 431. The summed E-state index contributed by atoms with van der Waals surface area (Å²) in [5.41, 5.74) is 7.00. The molecule has 1 heterocycles. The minimum Gasteiger partial charge on any atom is -0.373 e. The molecule has 1 aromatic carbocycles. The van der Waals surface area contributed by atoms with Gasteiger partial charge >= 0.3 is 0 Å². The second-order valence-electron chi connectivity index (χ2n) is 5.13. The molecular weight excluding hydrogens is 283 g/mol. The van der Waals surface area contributed by atoms with Crippen LogP contribution in [0.2, 0.25) is 10.0 Å². The summed E-state index contributed by atoms with van der Waals surface area (Å²) < 4.78 is 5.76. The third kappa shape index (κ3) is 3.61. The molecule has 1 aromatic rings. The first kappa shape index (κ1) is 15.1. The van der Waals surface area contributed by atoms with Gasteiger partial charge in [0.2, 0.25) is 0 Å². The van der Waals surface area contributed by atoms with E-state index in [0.717, 1.165) is 18.7 Å². The molecule has 3 nitrogen and oxygen atoms in total. The highest BCUT2D eigenvalue weighted by Gasteiger charge is 2.29. The van der Waals surface area contributed by atoms with Crippen LogP contribution in [-0.2, 0) is 4.74 Å². The second kappa shape index (κ2) is 6.42. The van der Waals surface area contributed by atoms with Gasteiger partial charge in [0.25, 0.3) is 0 Å². The Kier molecular flexibility index (Phi) is 5.09. The summed E-state index contributed by atoms with van der Waals surface area (Å²) >= 11 is 12.2. The number of rotatable bonds is 3. The summed E-state index contributed by atoms with van der Waals surface area (Å²) in [6.07, 6.45) is 0.424. The van der Waals surface area contributed by atoms with E-state index in [1.807, 2.05) is 12.1 Å². The van der Waals surface area contributed by atoms with Gasteiger partial charge in [0.1, 0.15) is 0 Å². The summed E-state index contributed by atoms with van der Waals surface area (Å²) in [5, 5.41) is 1.32. The molecule has 3 atom stereocenters. The molecule has 0 unspecified atom stereocenters. The summed E-state index contributed by atoms with van der Waals surface area (Å²) in [5.74, 6) is 0. The van der Waals surface area contributed by atoms with Crippen molar-refractivity contribution in [2.24, 2.45) is 5.73 Å². The lowest BCUT2D eigenvalue weighted by molar-refractivity contribution is -0.0799. The van der Waals surface area contributed by atoms with Crippen LogP contribution in [0.25, 0.3) is 0 Å². The Morgan fingerprint density at radius 3 is 2.47 bits per heavy atom. The molecule has 0 saturated carbocycles. The van der Waals surface area contributed by atoms with Crippen LogP contribution in [0.5, 0.6) is 0 Å². The average molecular weight is 303 g/mol. The largest absolute Gasteiger partial charge is 0.373 e. The van der Waals surface area contributed by atoms with Gasteiger partial charge in [-0.25, -0.2) is 0 Å². The number of nitrogens with two attached hydrogens (primary N) is 1. The molecule has 2 rings (SSSR count). The fourth-order valence-corrected chi connectivity index (χ4v) is 3.25. The Hall–Kier alpha value is -0.320. The molecule has 1 aliphatic rings. The van der Waals surface area contributed by atoms with Crippen LogP contribution in [0, 0.1) is 0 Å². The molecule has 1 saturated heterocycles. The van der Waals surface area contributed by atoms with Gasteiger partial charge in [0.15, 0.2) is 0 Å². The van der Waals surface area contributed by atoms with Crippen molar-refractivity contribution in [1.29, 1.82) is 0 Å². The van der Waals surface area contributed by atoms with Crippen LogP contribution in [0.15, 0.2) is 18.2 Å². The SMILES string of the molecule is C[C@@H]1CN([C@@H](CN)c2ccc(Cl)cc2Cl)C[C@@H](C)O1. The van der Waals surface area contributed by atoms with Crippen LogP contribution >= 0.6 is 23.2 Å². The van der Waals surface area contributed by atoms with Gasteiger partial charge in [-0.05, 0) is 31.5 Å². The molecule has 1 aliphatic heterocycles. The van der Waals surface area contributed by atoms with E-state index in [9.17, 15) is 0 Å². The fourth-order valence-electron chi connectivity index (χ4n) is 2.72. The number of hydrogen-bond donors (Lipinski definition) is 1. The first-order valence-electron chi connectivity index (χ1n) is 6.55. The van der Waals surface area contributed by atoms with E-state index in [0.29, 0.717) is 16.6 Å². The summed E-state index contributed by atoms with van der Waals surface area (Å²) in [7, 11) is 0. The number of hydrogen-bond acceptors (Lipinski definition) is 3. The van der Waals surface area contributed by atoms with Crippen molar-refractivity contribution in [3.8, 4) is 0 Å². The topological polar surface area (TPSA) is 38.5 Å². The van der Waals surface area contributed by atoms with Crippen LogP contribution in [0.4, 0.5) is 0 Å². The van der Waals surface area contributed by atoms with Gasteiger partial charge in [0, 0.05) is 35.7 Å². The van der Waals surface area contributed by atoms with E-state index in [1.165, 1.54) is 0 Å². The molecule has 5 heteroatoms. The van der Waals surface area contributed by atoms with Gasteiger partial charge in [-0.15, -0.1) is 0 Å². The van der Waals surface area contributed by atoms with E-state index < -0.39 is 0 Å². The van der Waals surface area contributed by atoms with Crippen molar-refractivity contribution in [2.75, 3.05) is 19.6 Å². The first-order valence-corrected chi connectivity index (χ1v) is 7.31. The van der Waals surface area contributed by atoms with E-state index in [-0.39, 0.29) is 18.2 Å². The number of benzene rings is 1. The van der Waals surface area contributed by atoms with Crippen molar-refractivity contribution in [3.05, 3.63) is 33.8 Å². The fraction of sp³-hybridized carbons (Fsp3) is 0.571.